The van der Waals surface area contributed by atoms with Gasteiger partial charge in [0.05, 0.1) is 5.56 Å². The Balaban J connectivity index is 1.63. The number of rotatable bonds is 3. The minimum Gasteiger partial charge on any atom is -0.336 e. The van der Waals surface area contributed by atoms with Crippen molar-refractivity contribution in [2.45, 2.75) is 36.9 Å². The molecule has 2 amide bonds. The Morgan fingerprint density at radius 2 is 1.91 bits per heavy atom. The molecule has 0 bridgehead atoms. The van der Waals surface area contributed by atoms with Gasteiger partial charge in [-0.2, -0.15) is 0 Å². The highest BCUT2D eigenvalue weighted by molar-refractivity contribution is 7.98. The molecule has 7 heteroatoms. The number of carbonyl (C=O) groups is 2. The topological polar surface area (TPSA) is 66.4 Å². The SMILES string of the molecule is CSc1ncc(C(=O)N2CCN(C3CCCC3)C(=O)C2)cn1. The van der Waals surface area contributed by atoms with Crippen molar-refractivity contribution in [2.75, 3.05) is 25.9 Å². The molecule has 0 spiro atoms. The number of nitrogens with zero attached hydrogens (tertiary/aromatic N) is 4. The molecule has 0 atom stereocenters. The maximum absolute atomic E-state index is 12.4. The van der Waals surface area contributed by atoms with Crippen LogP contribution in [0.2, 0.25) is 0 Å². The smallest absolute Gasteiger partial charge is 0.257 e. The van der Waals surface area contributed by atoms with Gasteiger partial charge in [-0.25, -0.2) is 9.97 Å². The van der Waals surface area contributed by atoms with Crippen LogP contribution >= 0.6 is 11.8 Å². The molecule has 118 valence electrons. The Kier molecular flexibility index (Phi) is 4.61. The second-order valence-corrected chi connectivity index (χ2v) is 6.48. The molecule has 0 unspecified atom stereocenters. The van der Waals surface area contributed by atoms with Crippen LogP contribution < -0.4 is 0 Å². The first kappa shape index (κ1) is 15.3. The summed E-state index contributed by atoms with van der Waals surface area (Å²) in [4.78, 5) is 36.6. The molecule has 1 saturated carbocycles. The third-order valence-electron chi connectivity index (χ3n) is 4.37. The summed E-state index contributed by atoms with van der Waals surface area (Å²) in [5.41, 5.74) is 0.444. The van der Waals surface area contributed by atoms with E-state index in [1.54, 1.807) is 4.90 Å². The fraction of sp³-hybridized carbons (Fsp3) is 0.600. The molecule has 3 rings (SSSR count). The van der Waals surface area contributed by atoms with E-state index in [1.165, 1.54) is 37.0 Å². The minimum absolute atomic E-state index is 0.0631. The van der Waals surface area contributed by atoms with E-state index in [1.807, 2.05) is 11.2 Å². The van der Waals surface area contributed by atoms with Crippen molar-refractivity contribution in [3.63, 3.8) is 0 Å². The molecule has 1 aliphatic heterocycles. The van der Waals surface area contributed by atoms with Gasteiger partial charge in [-0.3, -0.25) is 9.59 Å². The molecule has 1 aromatic rings. The molecule has 0 N–H and O–H groups in total. The number of hydrogen-bond acceptors (Lipinski definition) is 5. The van der Waals surface area contributed by atoms with Crippen LogP contribution in [-0.2, 0) is 4.79 Å². The Morgan fingerprint density at radius 1 is 1.23 bits per heavy atom. The van der Waals surface area contributed by atoms with Crippen molar-refractivity contribution in [3.8, 4) is 0 Å². The van der Waals surface area contributed by atoms with Gasteiger partial charge >= 0.3 is 0 Å². The van der Waals surface area contributed by atoms with Crippen molar-refractivity contribution < 1.29 is 9.59 Å². The summed E-state index contributed by atoms with van der Waals surface area (Å²) in [5.74, 6) is -0.0970. The lowest BCUT2D eigenvalue weighted by molar-refractivity contribution is -0.137. The van der Waals surface area contributed by atoms with Crippen LogP contribution in [-0.4, -0.2) is 63.5 Å². The van der Waals surface area contributed by atoms with Gasteiger partial charge in [0, 0.05) is 31.5 Å². The lowest BCUT2D eigenvalue weighted by Crippen LogP contribution is -2.54. The highest BCUT2D eigenvalue weighted by Gasteiger charge is 2.33. The van der Waals surface area contributed by atoms with E-state index < -0.39 is 0 Å². The zero-order valence-electron chi connectivity index (χ0n) is 12.7. The number of aromatic nitrogens is 2. The largest absolute Gasteiger partial charge is 0.336 e. The Labute approximate surface area is 134 Å². The van der Waals surface area contributed by atoms with E-state index in [2.05, 4.69) is 9.97 Å². The van der Waals surface area contributed by atoms with E-state index >= 15 is 0 Å². The van der Waals surface area contributed by atoms with Crippen molar-refractivity contribution in [3.05, 3.63) is 18.0 Å². The molecule has 0 aromatic carbocycles. The molecule has 0 radical (unpaired) electrons. The molecule has 2 aliphatic rings. The monoisotopic (exact) mass is 320 g/mol. The summed E-state index contributed by atoms with van der Waals surface area (Å²) in [6.07, 6.45) is 9.57. The zero-order valence-corrected chi connectivity index (χ0v) is 13.5. The third kappa shape index (κ3) is 3.09. The number of piperazine rings is 1. The fourth-order valence-corrected chi connectivity index (χ4v) is 3.49. The van der Waals surface area contributed by atoms with Gasteiger partial charge in [0.2, 0.25) is 5.91 Å². The quantitative estimate of drug-likeness (QED) is 0.622. The van der Waals surface area contributed by atoms with Crippen molar-refractivity contribution in [1.82, 2.24) is 19.8 Å². The molecule has 1 saturated heterocycles. The van der Waals surface area contributed by atoms with Gasteiger partial charge < -0.3 is 9.80 Å². The molecule has 2 fully saturated rings. The summed E-state index contributed by atoms with van der Waals surface area (Å²) >= 11 is 1.43. The molecule has 1 aliphatic carbocycles. The van der Waals surface area contributed by atoms with Crippen LogP contribution in [0, 0.1) is 0 Å². The van der Waals surface area contributed by atoms with Crippen molar-refractivity contribution >= 4 is 23.6 Å². The second-order valence-electron chi connectivity index (χ2n) is 5.71. The second kappa shape index (κ2) is 6.64. The number of amides is 2. The molecular formula is C15H20N4O2S. The van der Waals surface area contributed by atoms with E-state index in [0.29, 0.717) is 29.9 Å². The normalized spacial score (nSPS) is 19.8. The maximum atomic E-state index is 12.4. The van der Waals surface area contributed by atoms with Crippen molar-refractivity contribution in [2.24, 2.45) is 0 Å². The van der Waals surface area contributed by atoms with Crippen LogP contribution in [0.1, 0.15) is 36.0 Å². The van der Waals surface area contributed by atoms with Crippen LogP contribution in [0.15, 0.2) is 17.6 Å². The number of thioether (sulfide) groups is 1. The van der Waals surface area contributed by atoms with E-state index in [9.17, 15) is 9.59 Å². The average Bonchev–Trinajstić information content (AvgIpc) is 3.08. The first-order valence-electron chi connectivity index (χ1n) is 7.64. The highest BCUT2D eigenvalue weighted by Crippen LogP contribution is 2.25. The van der Waals surface area contributed by atoms with E-state index in [4.69, 9.17) is 0 Å². The first-order chi connectivity index (χ1) is 10.7. The van der Waals surface area contributed by atoms with Gasteiger partial charge in [-0.05, 0) is 19.1 Å². The van der Waals surface area contributed by atoms with Gasteiger partial charge in [-0.1, -0.05) is 24.6 Å². The summed E-state index contributed by atoms with van der Waals surface area (Å²) in [5, 5.41) is 0.638. The van der Waals surface area contributed by atoms with Gasteiger partial charge in [0.15, 0.2) is 5.16 Å². The molecule has 22 heavy (non-hydrogen) atoms. The van der Waals surface area contributed by atoms with Crippen LogP contribution in [0.25, 0.3) is 0 Å². The summed E-state index contributed by atoms with van der Waals surface area (Å²) in [6, 6.07) is 0.383. The summed E-state index contributed by atoms with van der Waals surface area (Å²) < 4.78 is 0. The standard InChI is InChI=1S/C15H20N4O2S/c1-22-15-16-8-11(9-17-15)14(21)18-6-7-19(13(20)10-18)12-4-2-3-5-12/h8-9,12H,2-7,10H2,1H3. The molecule has 2 heterocycles. The lowest BCUT2D eigenvalue weighted by Gasteiger charge is -2.37. The Hall–Kier alpha value is -1.63. The maximum Gasteiger partial charge on any atom is 0.257 e. The first-order valence-corrected chi connectivity index (χ1v) is 8.86. The molecule has 6 nitrogen and oxygen atoms in total. The van der Waals surface area contributed by atoms with Crippen LogP contribution in [0.3, 0.4) is 0 Å². The Morgan fingerprint density at radius 3 is 2.50 bits per heavy atom. The van der Waals surface area contributed by atoms with Gasteiger partial charge in [-0.15, -0.1) is 0 Å². The van der Waals surface area contributed by atoms with Crippen LogP contribution in [0.4, 0.5) is 0 Å². The van der Waals surface area contributed by atoms with Crippen LogP contribution in [0.5, 0.6) is 0 Å². The predicted octanol–water partition coefficient (Wildman–Crippen LogP) is 1.43. The third-order valence-corrected chi connectivity index (χ3v) is 4.94. The predicted molar refractivity (Wildman–Crippen MR) is 83.7 cm³/mol. The van der Waals surface area contributed by atoms with E-state index in [0.717, 1.165) is 12.8 Å². The van der Waals surface area contributed by atoms with Gasteiger partial charge in [0.25, 0.3) is 5.91 Å². The number of carbonyl (C=O) groups excluding carboxylic acids is 2. The number of hydrogen-bond donors (Lipinski definition) is 0. The van der Waals surface area contributed by atoms with Crippen molar-refractivity contribution in [1.29, 1.82) is 0 Å². The lowest BCUT2D eigenvalue weighted by atomic mass is 10.1. The fourth-order valence-electron chi connectivity index (χ4n) is 3.18. The van der Waals surface area contributed by atoms with E-state index in [-0.39, 0.29) is 18.4 Å². The highest BCUT2D eigenvalue weighted by atomic mass is 32.2. The summed E-state index contributed by atoms with van der Waals surface area (Å²) in [6.45, 7) is 1.39. The average molecular weight is 320 g/mol. The minimum atomic E-state index is -0.160. The van der Waals surface area contributed by atoms with Gasteiger partial charge in [0.1, 0.15) is 6.54 Å². The Bertz CT molecular complexity index is 557. The summed E-state index contributed by atoms with van der Waals surface area (Å²) in [7, 11) is 0. The molecular weight excluding hydrogens is 300 g/mol. The zero-order chi connectivity index (χ0) is 15.5. The molecule has 1 aromatic heterocycles.